The first-order valence-corrected chi connectivity index (χ1v) is 9.04. The van der Waals surface area contributed by atoms with Crippen LogP contribution in [-0.2, 0) is 16.4 Å². The smallest absolute Gasteiger partial charge is 0.264 e. The third-order valence-electron chi connectivity index (χ3n) is 3.68. The summed E-state index contributed by atoms with van der Waals surface area (Å²) in [5.41, 5.74) is 2.12. The Bertz CT molecular complexity index is 989. The van der Waals surface area contributed by atoms with Crippen molar-refractivity contribution in [3.05, 3.63) is 95.6 Å². The molecule has 0 amide bonds. The van der Waals surface area contributed by atoms with Gasteiger partial charge in [0.15, 0.2) is 0 Å². The van der Waals surface area contributed by atoms with Crippen molar-refractivity contribution in [3.8, 4) is 0 Å². The Balaban J connectivity index is 1.92. The first kappa shape index (κ1) is 17.1. The van der Waals surface area contributed by atoms with Crippen molar-refractivity contribution in [3.63, 3.8) is 0 Å². The fourth-order valence-corrected chi connectivity index (χ4v) is 3.64. The number of hydrogen-bond donors (Lipinski definition) is 1. The van der Waals surface area contributed by atoms with Crippen molar-refractivity contribution in [2.24, 2.45) is 0 Å². The second kappa shape index (κ2) is 7.03. The molecule has 128 valence electrons. The summed E-state index contributed by atoms with van der Waals surface area (Å²) in [6, 6.07) is 18.8. The molecule has 0 unspecified atom stereocenters. The third-order valence-corrected chi connectivity index (χ3v) is 5.08. The van der Waals surface area contributed by atoms with Gasteiger partial charge in [0.25, 0.3) is 10.0 Å². The van der Waals surface area contributed by atoms with Crippen LogP contribution in [0.15, 0.2) is 77.7 Å². The molecule has 0 aliphatic heterocycles. The lowest BCUT2D eigenvalue weighted by atomic mass is 10.0. The van der Waals surface area contributed by atoms with Crippen molar-refractivity contribution < 1.29 is 17.2 Å². The van der Waals surface area contributed by atoms with Gasteiger partial charge in [0.1, 0.15) is 16.5 Å². The van der Waals surface area contributed by atoms with Crippen molar-refractivity contribution in [2.45, 2.75) is 11.3 Å². The van der Waals surface area contributed by atoms with Crippen LogP contribution in [0.1, 0.15) is 11.1 Å². The van der Waals surface area contributed by atoms with E-state index >= 15 is 0 Å². The number of hydrogen-bond acceptors (Lipinski definition) is 2. The van der Waals surface area contributed by atoms with Gasteiger partial charge in [-0.05, 0) is 35.7 Å². The minimum Gasteiger partial charge on any atom is -0.279 e. The van der Waals surface area contributed by atoms with Crippen LogP contribution in [0, 0.1) is 11.6 Å². The highest BCUT2D eigenvalue weighted by Crippen LogP contribution is 2.24. The zero-order valence-corrected chi connectivity index (χ0v) is 13.9. The Labute approximate surface area is 145 Å². The van der Waals surface area contributed by atoms with Crippen LogP contribution < -0.4 is 4.72 Å². The van der Waals surface area contributed by atoms with E-state index in [0.717, 1.165) is 23.3 Å². The van der Waals surface area contributed by atoms with Gasteiger partial charge < -0.3 is 0 Å². The lowest BCUT2D eigenvalue weighted by molar-refractivity contribution is 0.551. The first-order valence-electron chi connectivity index (χ1n) is 7.55. The second-order valence-electron chi connectivity index (χ2n) is 5.50. The number of nitrogens with one attached hydrogen (secondary N) is 1. The molecule has 0 saturated heterocycles. The normalized spacial score (nSPS) is 11.3. The molecule has 0 radical (unpaired) electrons. The molecule has 3 aromatic rings. The maximum atomic E-state index is 13.8. The van der Waals surface area contributed by atoms with Crippen LogP contribution in [0.25, 0.3) is 0 Å². The number of halogens is 2. The average molecular weight is 359 g/mol. The number of sulfonamides is 1. The molecule has 3 aromatic carbocycles. The van der Waals surface area contributed by atoms with Crippen LogP contribution in [0.3, 0.4) is 0 Å². The number of rotatable bonds is 5. The molecule has 0 bridgehead atoms. The number of benzene rings is 3. The monoisotopic (exact) mass is 359 g/mol. The first-order chi connectivity index (χ1) is 12.0. The van der Waals surface area contributed by atoms with E-state index in [0.29, 0.717) is 18.2 Å². The lowest BCUT2D eigenvalue weighted by Gasteiger charge is -2.13. The summed E-state index contributed by atoms with van der Waals surface area (Å²) in [4.78, 5) is -0.594. The molecule has 3 nitrogen and oxygen atoms in total. The predicted octanol–water partition coefficient (Wildman–Crippen LogP) is 4.36. The van der Waals surface area contributed by atoms with E-state index in [-0.39, 0.29) is 0 Å². The van der Waals surface area contributed by atoms with Crippen molar-refractivity contribution in [1.82, 2.24) is 0 Å². The molecule has 1 N–H and O–H groups in total. The highest BCUT2D eigenvalue weighted by Gasteiger charge is 2.20. The topological polar surface area (TPSA) is 46.2 Å². The number of para-hydroxylation sites is 1. The summed E-state index contributed by atoms with van der Waals surface area (Å²) in [6.45, 7) is 0. The van der Waals surface area contributed by atoms with Gasteiger partial charge in [0.05, 0.1) is 5.69 Å². The molecule has 25 heavy (non-hydrogen) atoms. The lowest BCUT2D eigenvalue weighted by Crippen LogP contribution is -2.16. The van der Waals surface area contributed by atoms with E-state index in [1.165, 1.54) is 0 Å². The van der Waals surface area contributed by atoms with E-state index in [2.05, 4.69) is 4.72 Å². The fourth-order valence-electron chi connectivity index (χ4n) is 2.48. The molecule has 0 aromatic heterocycles. The molecule has 0 spiro atoms. The summed E-state index contributed by atoms with van der Waals surface area (Å²) in [6.07, 6.45) is 0.519. The fraction of sp³-hybridized carbons (Fsp3) is 0.0526. The summed E-state index contributed by atoms with van der Waals surface area (Å²) in [5, 5.41) is 0. The standard InChI is InChI=1S/C19H15F2NO2S/c20-16-10-11-19(17(21)13-16)25(23,24)22-18-9-5-4-8-15(18)12-14-6-2-1-3-7-14/h1-11,13,22H,12H2. The van der Waals surface area contributed by atoms with E-state index in [1.54, 1.807) is 24.3 Å². The molecule has 0 atom stereocenters. The van der Waals surface area contributed by atoms with Gasteiger partial charge >= 0.3 is 0 Å². The zero-order valence-electron chi connectivity index (χ0n) is 13.1. The molecule has 0 aliphatic rings. The van der Waals surface area contributed by atoms with E-state index in [9.17, 15) is 17.2 Å². The highest BCUT2D eigenvalue weighted by molar-refractivity contribution is 7.92. The van der Waals surface area contributed by atoms with Crippen LogP contribution >= 0.6 is 0 Å². The summed E-state index contributed by atoms with van der Waals surface area (Å²) >= 11 is 0. The summed E-state index contributed by atoms with van der Waals surface area (Å²) in [7, 11) is -4.17. The largest absolute Gasteiger partial charge is 0.279 e. The molecule has 0 aliphatic carbocycles. The van der Waals surface area contributed by atoms with Crippen molar-refractivity contribution in [1.29, 1.82) is 0 Å². The molecular formula is C19H15F2NO2S. The van der Waals surface area contributed by atoms with Gasteiger partial charge in [0.2, 0.25) is 0 Å². The molecule has 0 saturated carbocycles. The minimum absolute atomic E-state index is 0.357. The molecule has 0 heterocycles. The highest BCUT2D eigenvalue weighted by atomic mass is 32.2. The van der Waals surface area contributed by atoms with Crippen LogP contribution in [0.2, 0.25) is 0 Å². The quantitative estimate of drug-likeness (QED) is 0.736. The Hall–Kier alpha value is -2.73. The Kier molecular flexibility index (Phi) is 4.81. The van der Waals surface area contributed by atoms with Crippen LogP contribution in [0.4, 0.5) is 14.5 Å². The summed E-state index contributed by atoms with van der Waals surface area (Å²) in [5.74, 6) is -1.96. The summed E-state index contributed by atoms with van der Waals surface area (Å²) < 4.78 is 54.2. The van der Waals surface area contributed by atoms with Gasteiger partial charge in [-0.25, -0.2) is 17.2 Å². The van der Waals surface area contributed by atoms with Gasteiger partial charge in [0, 0.05) is 6.07 Å². The Morgan fingerprint density at radius 2 is 1.52 bits per heavy atom. The van der Waals surface area contributed by atoms with Crippen LogP contribution in [-0.4, -0.2) is 8.42 Å². The SMILES string of the molecule is O=S(=O)(Nc1ccccc1Cc1ccccc1)c1ccc(F)cc1F. The van der Waals surface area contributed by atoms with E-state index in [4.69, 9.17) is 0 Å². The Morgan fingerprint density at radius 3 is 2.24 bits per heavy atom. The maximum Gasteiger partial charge on any atom is 0.264 e. The zero-order chi connectivity index (χ0) is 17.9. The maximum absolute atomic E-state index is 13.8. The van der Waals surface area contributed by atoms with E-state index < -0.39 is 26.6 Å². The van der Waals surface area contributed by atoms with Crippen molar-refractivity contribution in [2.75, 3.05) is 4.72 Å². The van der Waals surface area contributed by atoms with E-state index in [1.807, 2.05) is 30.3 Å². The molecule has 3 rings (SSSR count). The minimum atomic E-state index is -4.17. The third kappa shape index (κ3) is 4.03. The second-order valence-corrected chi connectivity index (χ2v) is 7.15. The van der Waals surface area contributed by atoms with Crippen LogP contribution in [0.5, 0.6) is 0 Å². The van der Waals surface area contributed by atoms with Gasteiger partial charge in [-0.2, -0.15) is 0 Å². The van der Waals surface area contributed by atoms with Gasteiger partial charge in [-0.1, -0.05) is 48.5 Å². The predicted molar refractivity (Wildman–Crippen MR) is 92.9 cm³/mol. The average Bonchev–Trinajstić information content (AvgIpc) is 2.57. The number of anilines is 1. The molecule has 0 fully saturated rings. The van der Waals surface area contributed by atoms with Gasteiger partial charge in [-0.15, -0.1) is 0 Å². The molecule has 6 heteroatoms. The molecular weight excluding hydrogens is 344 g/mol. The van der Waals surface area contributed by atoms with Crippen molar-refractivity contribution >= 4 is 15.7 Å². The van der Waals surface area contributed by atoms with Gasteiger partial charge in [-0.3, -0.25) is 4.72 Å². The Morgan fingerprint density at radius 1 is 0.840 bits per heavy atom.